The Kier molecular flexibility index (Phi) is 1.27. The van der Waals surface area contributed by atoms with E-state index in [9.17, 15) is 4.79 Å². The fourth-order valence-corrected chi connectivity index (χ4v) is 0.437. The summed E-state index contributed by atoms with van der Waals surface area (Å²) in [5.74, 6) is -1.35. The van der Waals surface area contributed by atoms with E-state index in [0.29, 0.717) is 0 Å². The van der Waals surface area contributed by atoms with Crippen LogP contribution in [0.15, 0.2) is 22.5 Å². The zero-order chi connectivity index (χ0) is 6.74. The second-order valence-corrected chi connectivity index (χ2v) is 1.50. The van der Waals surface area contributed by atoms with Crippen LogP contribution >= 0.6 is 0 Å². The SMILES string of the molecule is NC1(OC=O)C=CN=N1. The second-order valence-electron chi connectivity index (χ2n) is 1.50. The van der Waals surface area contributed by atoms with Gasteiger partial charge in [-0.2, -0.15) is 5.11 Å². The average Bonchev–Trinajstić information content (AvgIpc) is 2.16. The van der Waals surface area contributed by atoms with Crippen molar-refractivity contribution in [2.45, 2.75) is 5.85 Å². The Bertz CT molecular complexity index is 163. The van der Waals surface area contributed by atoms with Crippen molar-refractivity contribution in [3.05, 3.63) is 12.3 Å². The van der Waals surface area contributed by atoms with Crippen LogP contribution in [0.1, 0.15) is 0 Å². The fourth-order valence-electron chi connectivity index (χ4n) is 0.437. The number of carbonyl (C=O) groups excluding carboxylic acids is 1. The molecular formula is C4H5N3O2. The molecule has 9 heavy (non-hydrogen) atoms. The lowest BCUT2D eigenvalue weighted by atomic mass is 10.4. The molecule has 0 aromatic rings. The van der Waals surface area contributed by atoms with E-state index in [4.69, 9.17) is 5.73 Å². The highest BCUT2D eigenvalue weighted by molar-refractivity contribution is 5.39. The van der Waals surface area contributed by atoms with E-state index in [2.05, 4.69) is 15.0 Å². The highest BCUT2D eigenvalue weighted by Gasteiger charge is 2.24. The number of nitrogens with zero attached hydrogens (tertiary/aromatic N) is 2. The standard InChI is InChI=1S/C4H5N3O2/c5-4(9-3-8)1-2-6-7-4/h1-3H,5H2. The molecule has 1 atom stereocenters. The molecule has 1 rings (SSSR count). The quantitative estimate of drug-likeness (QED) is 0.410. The molecule has 1 aliphatic heterocycles. The monoisotopic (exact) mass is 127 g/mol. The molecule has 0 bridgehead atoms. The maximum atomic E-state index is 9.73. The summed E-state index contributed by atoms with van der Waals surface area (Å²) in [6.07, 6.45) is 2.74. The molecule has 48 valence electrons. The molecule has 1 aliphatic rings. The topological polar surface area (TPSA) is 77.0 Å². The molecule has 0 saturated carbocycles. The first-order chi connectivity index (χ1) is 4.27. The summed E-state index contributed by atoms with van der Waals surface area (Å²) >= 11 is 0. The van der Waals surface area contributed by atoms with Crippen molar-refractivity contribution >= 4 is 6.47 Å². The van der Waals surface area contributed by atoms with E-state index in [1.54, 1.807) is 0 Å². The summed E-state index contributed by atoms with van der Waals surface area (Å²) in [5.41, 5.74) is 5.27. The van der Waals surface area contributed by atoms with Crippen molar-refractivity contribution in [2.24, 2.45) is 16.0 Å². The Labute approximate surface area is 51.2 Å². The van der Waals surface area contributed by atoms with Crippen LogP contribution in [-0.2, 0) is 9.53 Å². The Morgan fingerprint density at radius 1 is 1.78 bits per heavy atom. The highest BCUT2D eigenvalue weighted by atomic mass is 16.6. The van der Waals surface area contributed by atoms with Gasteiger partial charge in [0.15, 0.2) is 0 Å². The molecule has 0 aromatic heterocycles. The first-order valence-electron chi connectivity index (χ1n) is 2.27. The van der Waals surface area contributed by atoms with E-state index in [-0.39, 0.29) is 6.47 Å². The van der Waals surface area contributed by atoms with Crippen LogP contribution in [0.25, 0.3) is 0 Å². The maximum absolute atomic E-state index is 9.73. The smallest absolute Gasteiger partial charge is 0.298 e. The van der Waals surface area contributed by atoms with Gasteiger partial charge in [0.1, 0.15) is 0 Å². The Hall–Kier alpha value is -1.23. The normalized spacial score (nSPS) is 30.8. The minimum absolute atomic E-state index is 0.231. The third kappa shape index (κ3) is 1.11. The third-order valence-corrected chi connectivity index (χ3v) is 0.831. The molecule has 0 aromatic carbocycles. The van der Waals surface area contributed by atoms with E-state index in [1.165, 1.54) is 12.3 Å². The first kappa shape index (κ1) is 5.90. The van der Waals surface area contributed by atoms with Crippen LogP contribution in [0.4, 0.5) is 0 Å². The summed E-state index contributed by atoms with van der Waals surface area (Å²) in [6, 6.07) is 0. The van der Waals surface area contributed by atoms with Crippen molar-refractivity contribution in [1.29, 1.82) is 0 Å². The summed E-state index contributed by atoms with van der Waals surface area (Å²) in [5, 5.41) is 6.79. The zero-order valence-electron chi connectivity index (χ0n) is 4.52. The molecular weight excluding hydrogens is 122 g/mol. The molecule has 0 amide bonds. The number of hydrogen-bond acceptors (Lipinski definition) is 5. The van der Waals surface area contributed by atoms with Crippen LogP contribution in [0.5, 0.6) is 0 Å². The van der Waals surface area contributed by atoms with Crippen molar-refractivity contribution in [3.8, 4) is 0 Å². The maximum Gasteiger partial charge on any atom is 0.298 e. The van der Waals surface area contributed by atoms with Crippen LogP contribution < -0.4 is 5.73 Å². The summed E-state index contributed by atoms with van der Waals surface area (Å²) in [7, 11) is 0. The van der Waals surface area contributed by atoms with Crippen LogP contribution in [-0.4, -0.2) is 12.3 Å². The molecule has 5 heteroatoms. The lowest BCUT2D eigenvalue weighted by molar-refractivity contribution is -0.138. The lowest BCUT2D eigenvalue weighted by Crippen LogP contribution is -2.36. The van der Waals surface area contributed by atoms with E-state index in [1.807, 2.05) is 0 Å². The van der Waals surface area contributed by atoms with Crippen LogP contribution in [0, 0.1) is 0 Å². The number of rotatable bonds is 2. The number of hydrogen-bond donors (Lipinski definition) is 1. The molecule has 0 fully saturated rings. The lowest BCUT2D eigenvalue weighted by Gasteiger charge is -2.11. The Morgan fingerprint density at radius 2 is 2.56 bits per heavy atom. The third-order valence-electron chi connectivity index (χ3n) is 0.831. The average molecular weight is 127 g/mol. The van der Waals surface area contributed by atoms with Crippen LogP contribution in [0.3, 0.4) is 0 Å². The van der Waals surface area contributed by atoms with Crippen molar-refractivity contribution in [3.63, 3.8) is 0 Å². The van der Waals surface area contributed by atoms with Gasteiger partial charge < -0.3 is 4.74 Å². The predicted molar refractivity (Wildman–Crippen MR) is 28.1 cm³/mol. The van der Waals surface area contributed by atoms with Crippen LogP contribution in [0.2, 0.25) is 0 Å². The van der Waals surface area contributed by atoms with Gasteiger partial charge >= 0.3 is 0 Å². The van der Waals surface area contributed by atoms with Crippen molar-refractivity contribution < 1.29 is 9.53 Å². The molecule has 1 heterocycles. The molecule has 0 radical (unpaired) electrons. The van der Waals surface area contributed by atoms with Gasteiger partial charge in [-0.15, -0.1) is 5.11 Å². The van der Waals surface area contributed by atoms with Gasteiger partial charge in [-0.25, -0.2) is 0 Å². The second kappa shape index (κ2) is 1.94. The number of azo groups is 1. The summed E-state index contributed by atoms with van der Waals surface area (Å²) in [6.45, 7) is 0.231. The molecule has 0 spiro atoms. The fraction of sp³-hybridized carbons (Fsp3) is 0.250. The van der Waals surface area contributed by atoms with E-state index < -0.39 is 5.85 Å². The molecule has 2 N–H and O–H groups in total. The predicted octanol–water partition coefficient (Wildman–Crippen LogP) is -0.249. The summed E-state index contributed by atoms with van der Waals surface area (Å²) < 4.78 is 4.34. The van der Waals surface area contributed by atoms with Gasteiger partial charge in [-0.3, -0.25) is 10.5 Å². The highest BCUT2D eigenvalue weighted by Crippen LogP contribution is 2.12. The molecule has 5 nitrogen and oxygen atoms in total. The van der Waals surface area contributed by atoms with Gasteiger partial charge in [-0.05, 0) is 0 Å². The molecule has 0 aliphatic carbocycles. The van der Waals surface area contributed by atoms with Gasteiger partial charge in [-0.1, -0.05) is 0 Å². The Balaban J connectivity index is 2.63. The van der Waals surface area contributed by atoms with E-state index >= 15 is 0 Å². The van der Waals surface area contributed by atoms with Crippen molar-refractivity contribution in [1.82, 2.24) is 0 Å². The van der Waals surface area contributed by atoms with Gasteiger partial charge in [0.05, 0.1) is 6.20 Å². The number of ether oxygens (including phenoxy) is 1. The van der Waals surface area contributed by atoms with E-state index in [0.717, 1.165) is 0 Å². The minimum atomic E-state index is -1.35. The largest absolute Gasteiger partial charge is 0.420 e. The first-order valence-corrected chi connectivity index (χ1v) is 2.27. The number of carbonyl (C=O) groups is 1. The van der Waals surface area contributed by atoms with Gasteiger partial charge in [0.25, 0.3) is 12.3 Å². The summed E-state index contributed by atoms with van der Waals surface area (Å²) in [4.78, 5) is 9.73. The minimum Gasteiger partial charge on any atom is -0.420 e. The van der Waals surface area contributed by atoms with Gasteiger partial charge in [0.2, 0.25) is 0 Å². The van der Waals surface area contributed by atoms with Crippen molar-refractivity contribution in [2.75, 3.05) is 0 Å². The zero-order valence-corrected chi connectivity index (χ0v) is 4.52. The molecule has 0 saturated heterocycles. The Morgan fingerprint density at radius 3 is 3.00 bits per heavy atom. The van der Waals surface area contributed by atoms with Gasteiger partial charge in [0, 0.05) is 6.08 Å². The number of nitrogens with two attached hydrogens (primary N) is 1. The molecule has 1 unspecified atom stereocenters.